The fraction of sp³-hybridized carbons (Fsp3) is 0.462. The summed E-state index contributed by atoms with van der Waals surface area (Å²) in [5, 5.41) is 6.25. The number of carbonyl (C=O) groups is 1. The molecule has 0 bridgehead atoms. The molecule has 98 valence electrons. The van der Waals surface area contributed by atoms with Gasteiger partial charge in [-0.25, -0.2) is 0 Å². The van der Waals surface area contributed by atoms with Gasteiger partial charge in [0.05, 0.1) is 6.54 Å². The molecule has 1 aliphatic heterocycles. The highest BCUT2D eigenvalue weighted by Gasteiger charge is 2.20. The van der Waals surface area contributed by atoms with Crippen molar-refractivity contribution in [2.24, 2.45) is 0 Å². The second-order valence-corrected chi connectivity index (χ2v) is 5.82. The van der Waals surface area contributed by atoms with Crippen molar-refractivity contribution in [2.45, 2.75) is 13.0 Å². The summed E-state index contributed by atoms with van der Waals surface area (Å²) in [4.78, 5) is 14.1. The van der Waals surface area contributed by atoms with Gasteiger partial charge in [-0.2, -0.15) is 0 Å². The van der Waals surface area contributed by atoms with Crippen molar-refractivity contribution in [3.05, 3.63) is 27.8 Å². The maximum atomic E-state index is 11.9. The molecule has 0 radical (unpaired) electrons. The molecule has 5 heteroatoms. The van der Waals surface area contributed by atoms with Gasteiger partial charge in [0.1, 0.15) is 0 Å². The molecule has 1 aliphatic rings. The first-order chi connectivity index (χ1) is 8.65. The number of nitrogens with zero attached hydrogens (tertiary/aromatic N) is 1. The smallest absolute Gasteiger partial charge is 0.238 e. The highest BCUT2D eigenvalue weighted by atomic mass is 127. The van der Waals surface area contributed by atoms with Crippen LogP contribution in [0, 0.1) is 3.57 Å². The Hall–Kier alpha value is -0.660. The molecular formula is C13H18IN3O. The third-order valence-electron chi connectivity index (χ3n) is 3.11. The van der Waals surface area contributed by atoms with Crippen molar-refractivity contribution in [1.29, 1.82) is 0 Å². The molecule has 0 unspecified atom stereocenters. The summed E-state index contributed by atoms with van der Waals surface area (Å²) in [6.07, 6.45) is 0. The number of hydrogen-bond donors (Lipinski definition) is 2. The van der Waals surface area contributed by atoms with E-state index in [1.807, 2.05) is 24.3 Å². The first kappa shape index (κ1) is 13.8. The number of rotatable bonds is 3. The summed E-state index contributed by atoms with van der Waals surface area (Å²) in [6.45, 7) is 5.46. The van der Waals surface area contributed by atoms with Crippen molar-refractivity contribution >= 4 is 34.2 Å². The zero-order chi connectivity index (χ0) is 13.0. The van der Waals surface area contributed by atoms with Crippen molar-refractivity contribution in [3.63, 3.8) is 0 Å². The molecular weight excluding hydrogens is 341 g/mol. The molecule has 0 saturated carbocycles. The minimum atomic E-state index is 0.0601. The van der Waals surface area contributed by atoms with E-state index in [9.17, 15) is 4.79 Å². The van der Waals surface area contributed by atoms with Gasteiger partial charge in [-0.15, -0.1) is 0 Å². The Morgan fingerprint density at radius 3 is 2.89 bits per heavy atom. The lowest BCUT2D eigenvalue weighted by atomic mass is 10.2. The summed E-state index contributed by atoms with van der Waals surface area (Å²) >= 11 is 2.25. The van der Waals surface area contributed by atoms with Gasteiger partial charge in [0, 0.05) is 34.9 Å². The van der Waals surface area contributed by atoms with Crippen molar-refractivity contribution < 1.29 is 4.79 Å². The van der Waals surface area contributed by atoms with Crippen LogP contribution < -0.4 is 10.6 Å². The Morgan fingerprint density at radius 2 is 2.22 bits per heavy atom. The summed E-state index contributed by atoms with van der Waals surface area (Å²) < 4.78 is 1.17. The van der Waals surface area contributed by atoms with Crippen LogP contribution in [0.2, 0.25) is 0 Å². The van der Waals surface area contributed by atoms with Gasteiger partial charge in [-0.05, 0) is 53.8 Å². The number of nitrogens with one attached hydrogen (secondary N) is 2. The number of amides is 1. The van der Waals surface area contributed by atoms with Crippen molar-refractivity contribution in [3.8, 4) is 0 Å². The summed E-state index contributed by atoms with van der Waals surface area (Å²) in [6, 6.07) is 8.26. The van der Waals surface area contributed by atoms with E-state index in [-0.39, 0.29) is 5.91 Å². The largest absolute Gasteiger partial charge is 0.325 e. The quantitative estimate of drug-likeness (QED) is 0.805. The van der Waals surface area contributed by atoms with Crippen LogP contribution in [0.4, 0.5) is 5.69 Å². The average molecular weight is 359 g/mol. The average Bonchev–Trinajstić information content (AvgIpc) is 2.35. The van der Waals surface area contributed by atoms with E-state index in [1.54, 1.807) is 0 Å². The Bertz CT molecular complexity index is 407. The maximum Gasteiger partial charge on any atom is 0.238 e. The predicted octanol–water partition coefficient (Wildman–Crippen LogP) is 1.52. The normalized spacial score (nSPS) is 20.7. The molecule has 2 rings (SSSR count). The van der Waals surface area contributed by atoms with E-state index in [0.29, 0.717) is 12.6 Å². The molecule has 18 heavy (non-hydrogen) atoms. The SMILES string of the molecule is C[C@H]1CNCCN1CC(=O)Nc1ccc(I)cc1. The lowest BCUT2D eigenvalue weighted by Crippen LogP contribution is -2.51. The van der Waals surface area contributed by atoms with E-state index in [2.05, 4.69) is 45.0 Å². The zero-order valence-electron chi connectivity index (χ0n) is 10.4. The number of hydrogen-bond acceptors (Lipinski definition) is 3. The zero-order valence-corrected chi connectivity index (χ0v) is 12.6. The molecule has 1 saturated heterocycles. The van der Waals surface area contributed by atoms with Gasteiger partial charge in [0.15, 0.2) is 0 Å². The fourth-order valence-corrected chi connectivity index (χ4v) is 2.40. The number of piperazine rings is 1. The van der Waals surface area contributed by atoms with Crippen LogP contribution in [0.3, 0.4) is 0 Å². The molecule has 2 N–H and O–H groups in total. The lowest BCUT2D eigenvalue weighted by Gasteiger charge is -2.33. The van der Waals surface area contributed by atoms with Crippen LogP contribution in [0.25, 0.3) is 0 Å². The van der Waals surface area contributed by atoms with Crippen LogP contribution in [0.15, 0.2) is 24.3 Å². The second-order valence-electron chi connectivity index (χ2n) is 4.58. The summed E-state index contributed by atoms with van der Waals surface area (Å²) in [7, 11) is 0. The van der Waals surface area contributed by atoms with Crippen LogP contribution in [-0.4, -0.2) is 43.0 Å². The maximum absolute atomic E-state index is 11.9. The topological polar surface area (TPSA) is 44.4 Å². The molecule has 1 atom stereocenters. The first-order valence-corrected chi connectivity index (χ1v) is 7.23. The Kier molecular flexibility index (Phi) is 4.96. The fourth-order valence-electron chi connectivity index (χ4n) is 2.04. The molecule has 1 fully saturated rings. The van der Waals surface area contributed by atoms with Gasteiger partial charge >= 0.3 is 0 Å². The van der Waals surface area contributed by atoms with Crippen molar-refractivity contribution in [1.82, 2.24) is 10.2 Å². The highest BCUT2D eigenvalue weighted by Crippen LogP contribution is 2.11. The minimum absolute atomic E-state index is 0.0601. The number of benzene rings is 1. The Morgan fingerprint density at radius 1 is 1.50 bits per heavy atom. The number of carbonyl (C=O) groups excluding carboxylic acids is 1. The third kappa shape index (κ3) is 3.93. The van der Waals surface area contributed by atoms with Gasteiger partial charge in [0.25, 0.3) is 0 Å². The van der Waals surface area contributed by atoms with Gasteiger partial charge in [0.2, 0.25) is 5.91 Å². The molecule has 0 aromatic heterocycles. The van der Waals surface area contributed by atoms with Crippen LogP contribution >= 0.6 is 22.6 Å². The molecule has 1 amide bonds. The van der Waals surface area contributed by atoms with Gasteiger partial charge in [-0.3, -0.25) is 9.69 Å². The van der Waals surface area contributed by atoms with Crippen LogP contribution in [-0.2, 0) is 4.79 Å². The van der Waals surface area contributed by atoms with Gasteiger partial charge < -0.3 is 10.6 Å². The lowest BCUT2D eigenvalue weighted by molar-refractivity contribution is -0.118. The number of anilines is 1. The second kappa shape index (κ2) is 6.49. The molecule has 1 aromatic rings. The van der Waals surface area contributed by atoms with E-state index in [0.717, 1.165) is 25.3 Å². The van der Waals surface area contributed by atoms with E-state index >= 15 is 0 Å². The Balaban J connectivity index is 1.86. The van der Waals surface area contributed by atoms with E-state index in [1.165, 1.54) is 3.57 Å². The number of halogens is 1. The van der Waals surface area contributed by atoms with Crippen LogP contribution in [0.5, 0.6) is 0 Å². The monoisotopic (exact) mass is 359 g/mol. The molecule has 4 nitrogen and oxygen atoms in total. The van der Waals surface area contributed by atoms with Crippen LogP contribution in [0.1, 0.15) is 6.92 Å². The predicted molar refractivity (Wildman–Crippen MR) is 81.7 cm³/mol. The molecule has 1 aromatic carbocycles. The minimum Gasteiger partial charge on any atom is -0.325 e. The standard InChI is InChI=1S/C13H18IN3O/c1-10-8-15-6-7-17(10)9-13(18)16-12-4-2-11(14)3-5-12/h2-5,10,15H,6-9H2,1H3,(H,16,18)/t10-/m0/s1. The first-order valence-electron chi connectivity index (χ1n) is 6.15. The molecule has 0 spiro atoms. The highest BCUT2D eigenvalue weighted by molar-refractivity contribution is 14.1. The van der Waals surface area contributed by atoms with E-state index < -0.39 is 0 Å². The van der Waals surface area contributed by atoms with E-state index in [4.69, 9.17) is 0 Å². The molecule has 0 aliphatic carbocycles. The summed E-state index contributed by atoms with van der Waals surface area (Å²) in [5.74, 6) is 0.0601. The molecule has 1 heterocycles. The van der Waals surface area contributed by atoms with Crippen molar-refractivity contribution in [2.75, 3.05) is 31.5 Å². The summed E-state index contributed by atoms with van der Waals surface area (Å²) in [5.41, 5.74) is 0.864. The third-order valence-corrected chi connectivity index (χ3v) is 3.83. The Labute approximate surface area is 121 Å². The van der Waals surface area contributed by atoms with Gasteiger partial charge in [-0.1, -0.05) is 0 Å².